The van der Waals surface area contributed by atoms with Crippen LogP contribution in [0.25, 0.3) is 0 Å². The van der Waals surface area contributed by atoms with E-state index >= 15 is 0 Å². The summed E-state index contributed by atoms with van der Waals surface area (Å²) < 4.78 is 2.02. The summed E-state index contributed by atoms with van der Waals surface area (Å²) in [6.07, 6.45) is 3.22. The molecule has 0 unspecified atom stereocenters. The molecular weight excluding hydrogens is 286 g/mol. The summed E-state index contributed by atoms with van der Waals surface area (Å²) in [5, 5.41) is 9.06. The van der Waals surface area contributed by atoms with E-state index in [1.165, 1.54) is 11.8 Å². The molecule has 1 fully saturated rings. The first-order valence-electron chi connectivity index (χ1n) is 7.68. The SMILES string of the molecule is CCCn1c(CN)nnc1SCC(=O)N1CCC(C)CC1. The maximum Gasteiger partial charge on any atom is 0.233 e. The minimum atomic E-state index is 0.201. The van der Waals surface area contributed by atoms with Gasteiger partial charge in [-0.3, -0.25) is 4.79 Å². The highest BCUT2D eigenvalue weighted by molar-refractivity contribution is 7.99. The highest BCUT2D eigenvalue weighted by Gasteiger charge is 2.21. The van der Waals surface area contributed by atoms with Gasteiger partial charge in [-0.25, -0.2) is 0 Å². The number of carbonyl (C=O) groups is 1. The summed E-state index contributed by atoms with van der Waals surface area (Å²) in [6, 6.07) is 0. The van der Waals surface area contributed by atoms with Crippen LogP contribution in [0.3, 0.4) is 0 Å². The lowest BCUT2D eigenvalue weighted by Gasteiger charge is -2.30. The maximum absolute atomic E-state index is 12.2. The molecule has 1 aromatic rings. The number of nitrogens with two attached hydrogens (primary N) is 1. The van der Waals surface area contributed by atoms with Crippen LogP contribution in [0.15, 0.2) is 5.16 Å². The molecule has 1 saturated heterocycles. The number of amides is 1. The van der Waals surface area contributed by atoms with Crippen molar-refractivity contribution < 1.29 is 4.79 Å². The van der Waals surface area contributed by atoms with Crippen LogP contribution in [0.5, 0.6) is 0 Å². The van der Waals surface area contributed by atoms with Gasteiger partial charge < -0.3 is 15.2 Å². The van der Waals surface area contributed by atoms with E-state index in [1.807, 2.05) is 9.47 Å². The highest BCUT2D eigenvalue weighted by Crippen LogP contribution is 2.20. The van der Waals surface area contributed by atoms with Crippen LogP contribution in [-0.4, -0.2) is 44.4 Å². The first kappa shape index (κ1) is 16.3. The van der Waals surface area contributed by atoms with Crippen molar-refractivity contribution in [2.24, 2.45) is 11.7 Å². The molecule has 1 aromatic heterocycles. The fraction of sp³-hybridized carbons (Fsp3) is 0.786. The Balaban J connectivity index is 1.90. The van der Waals surface area contributed by atoms with E-state index in [0.29, 0.717) is 12.3 Å². The standard InChI is InChI=1S/C14H25N5OS/c1-3-6-19-12(9-15)16-17-14(19)21-10-13(20)18-7-4-11(2)5-8-18/h11H,3-10,15H2,1-2H3. The zero-order valence-electron chi connectivity index (χ0n) is 12.9. The Kier molecular flexibility index (Phi) is 6.05. The number of nitrogens with zero attached hydrogens (tertiary/aromatic N) is 4. The van der Waals surface area contributed by atoms with Crippen molar-refractivity contribution in [2.75, 3.05) is 18.8 Å². The molecule has 21 heavy (non-hydrogen) atoms. The van der Waals surface area contributed by atoms with Crippen LogP contribution in [0.2, 0.25) is 0 Å². The zero-order valence-corrected chi connectivity index (χ0v) is 13.7. The van der Waals surface area contributed by atoms with Gasteiger partial charge in [-0.1, -0.05) is 25.6 Å². The van der Waals surface area contributed by atoms with Gasteiger partial charge in [0.2, 0.25) is 5.91 Å². The maximum atomic E-state index is 12.2. The first-order chi connectivity index (χ1) is 10.2. The van der Waals surface area contributed by atoms with Crippen LogP contribution in [0, 0.1) is 5.92 Å². The smallest absolute Gasteiger partial charge is 0.233 e. The molecule has 1 aliphatic rings. The number of rotatable bonds is 6. The number of carbonyl (C=O) groups excluding carboxylic acids is 1. The van der Waals surface area contributed by atoms with E-state index in [2.05, 4.69) is 24.0 Å². The first-order valence-corrected chi connectivity index (χ1v) is 8.67. The largest absolute Gasteiger partial charge is 0.342 e. The van der Waals surface area contributed by atoms with Gasteiger partial charge in [-0.05, 0) is 25.2 Å². The zero-order chi connectivity index (χ0) is 15.2. The second-order valence-corrected chi connectivity index (χ2v) is 6.55. The molecule has 2 heterocycles. The molecule has 1 aliphatic heterocycles. The summed E-state index contributed by atoms with van der Waals surface area (Å²) in [6.45, 7) is 7.35. The molecule has 7 heteroatoms. The Morgan fingerprint density at radius 3 is 2.71 bits per heavy atom. The van der Waals surface area contributed by atoms with E-state index in [9.17, 15) is 4.79 Å². The van der Waals surface area contributed by atoms with E-state index in [-0.39, 0.29) is 5.91 Å². The lowest BCUT2D eigenvalue weighted by atomic mass is 9.99. The molecular formula is C14H25N5OS. The monoisotopic (exact) mass is 311 g/mol. The van der Waals surface area contributed by atoms with Crippen LogP contribution in [-0.2, 0) is 17.9 Å². The van der Waals surface area contributed by atoms with Crippen LogP contribution in [0.1, 0.15) is 38.9 Å². The fourth-order valence-corrected chi connectivity index (χ4v) is 3.39. The van der Waals surface area contributed by atoms with E-state index in [0.717, 1.165) is 55.8 Å². The molecule has 0 radical (unpaired) electrons. The van der Waals surface area contributed by atoms with Crippen molar-refractivity contribution in [1.82, 2.24) is 19.7 Å². The molecule has 0 saturated carbocycles. The molecule has 0 aromatic carbocycles. The Morgan fingerprint density at radius 2 is 2.10 bits per heavy atom. The lowest BCUT2D eigenvalue weighted by Crippen LogP contribution is -2.38. The number of aromatic nitrogens is 3. The highest BCUT2D eigenvalue weighted by atomic mass is 32.2. The fourth-order valence-electron chi connectivity index (χ4n) is 2.50. The van der Waals surface area contributed by atoms with Crippen molar-refractivity contribution in [3.63, 3.8) is 0 Å². The van der Waals surface area contributed by atoms with Crippen LogP contribution < -0.4 is 5.73 Å². The molecule has 118 valence electrons. The molecule has 0 aliphatic carbocycles. The molecule has 0 bridgehead atoms. The lowest BCUT2D eigenvalue weighted by molar-refractivity contribution is -0.129. The number of thioether (sulfide) groups is 1. The Morgan fingerprint density at radius 1 is 1.38 bits per heavy atom. The van der Waals surface area contributed by atoms with Gasteiger partial charge in [-0.2, -0.15) is 0 Å². The predicted molar refractivity (Wildman–Crippen MR) is 83.9 cm³/mol. The number of hydrogen-bond donors (Lipinski definition) is 1. The van der Waals surface area contributed by atoms with Gasteiger partial charge in [-0.15, -0.1) is 10.2 Å². The number of hydrogen-bond acceptors (Lipinski definition) is 5. The second kappa shape index (κ2) is 7.79. The van der Waals surface area contributed by atoms with Crippen molar-refractivity contribution in [1.29, 1.82) is 0 Å². The van der Waals surface area contributed by atoms with Crippen molar-refractivity contribution >= 4 is 17.7 Å². The summed E-state index contributed by atoms with van der Waals surface area (Å²) in [4.78, 5) is 14.2. The average Bonchev–Trinajstić information content (AvgIpc) is 2.88. The van der Waals surface area contributed by atoms with Gasteiger partial charge in [0, 0.05) is 19.6 Å². The molecule has 2 N–H and O–H groups in total. The third-order valence-corrected chi connectivity index (χ3v) is 4.84. The van der Waals surface area contributed by atoms with E-state index in [4.69, 9.17) is 5.73 Å². The van der Waals surface area contributed by atoms with Gasteiger partial charge in [0.05, 0.1) is 12.3 Å². The van der Waals surface area contributed by atoms with Gasteiger partial charge >= 0.3 is 0 Å². The third kappa shape index (κ3) is 4.20. The molecule has 2 rings (SSSR count). The van der Waals surface area contributed by atoms with Gasteiger partial charge in [0.1, 0.15) is 5.82 Å². The average molecular weight is 311 g/mol. The minimum absolute atomic E-state index is 0.201. The Labute approximate surface area is 130 Å². The topological polar surface area (TPSA) is 77.0 Å². The van der Waals surface area contributed by atoms with Crippen LogP contribution >= 0.6 is 11.8 Å². The quantitative estimate of drug-likeness (QED) is 0.806. The van der Waals surface area contributed by atoms with E-state index in [1.54, 1.807) is 0 Å². The van der Waals surface area contributed by atoms with Gasteiger partial charge in [0.25, 0.3) is 0 Å². The molecule has 6 nitrogen and oxygen atoms in total. The summed E-state index contributed by atoms with van der Waals surface area (Å²) in [7, 11) is 0. The number of piperidine rings is 1. The number of likely N-dealkylation sites (tertiary alicyclic amines) is 1. The third-order valence-electron chi connectivity index (χ3n) is 3.88. The van der Waals surface area contributed by atoms with Crippen molar-refractivity contribution in [3.8, 4) is 0 Å². The summed E-state index contributed by atoms with van der Waals surface area (Å²) >= 11 is 1.47. The molecule has 1 amide bonds. The normalized spacial score (nSPS) is 16.4. The van der Waals surface area contributed by atoms with Crippen molar-refractivity contribution in [3.05, 3.63) is 5.82 Å². The van der Waals surface area contributed by atoms with Crippen LogP contribution in [0.4, 0.5) is 0 Å². The summed E-state index contributed by atoms with van der Waals surface area (Å²) in [5.74, 6) is 2.16. The van der Waals surface area contributed by atoms with Crippen molar-refractivity contribution in [2.45, 2.75) is 51.4 Å². The molecule has 0 spiro atoms. The van der Waals surface area contributed by atoms with Gasteiger partial charge in [0.15, 0.2) is 5.16 Å². The Hall–Kier alpha value is -1.08. The predicted octanol–water partition coefficient (Wildman–Crippen LogP) is 1.50. The second-order valence-electron chi connectivity index (χ2n) is 5.61. The molecule has 0 atom stereocenters. The minimum Gasteiger partial charge on any atom is -0.342 e. The van der Waals surface area contributed by atoms with E-state index < -0.39 is 0 Å². The summed E-state index contributed by atoms with van der Waals surface area (Å²) in [5.41, 5.74) is 5.67. The Bertz CT molecular complexity index is 468.